The average molecular weight is 378 g/mol. The third-order valence-electron chi connectivity index (χ3n) is 5.42. The third-order valence-corrected chi connectivity index (χ3v) is 5.42. The van der Waals surface area contributed by atoms with Gasteiger partial charge < -0.3 is 19.7 Å². The summed E-state index contributed by atoms with van der Waals surface area (Å²) in [7, 11) is 1.98. The van der Waals surface area contributed by atoms with Crippen molar-refractivity contribution in [3.8, 4) is 0 Å². The van der Waals surface area contributed by atoms with Gasteiger partial charge in [0.15, 0.2) is 5.96 Å². The van der Waals surface area contributed by atoms with Crippen molar-refractivity contribution < 1.29 is 9.47 Å². The van der Waals surface area contributed by atoms with E-state index in [0.717, 1.165) is 84.2 Å². The smallest absolute Gasteiger partial charge is 0.193 e. The SMILES string of the molecule is CCNC(=NCCCOCC1CCOCC1)N1CCC(c2cnn(C)c2)C1. The maximum Gasteiger partial charge on any atom is 0.193 e. The molecule has 152 valence electrons. The second kappa shape index (κ2) is 10.7. The lowest BCUT2D eigenvalue weighted by Gasteiger charge is -2.22. The van der Waals surface area contributed by atoms with Gasteiger partial charge in [0.05, 0.1) is 6.20 Å². The number of hydrogen-bond donors (Lipinski definition) is 1. The summed E-state index contributed by atoms with van der Waals surface area (Å²) >= 11 is 0. The molecule has 2 aliphatic heterocycles. The largest absolute Gasteiger partial charge is 0.381 e. The Morgan fingerprint density at radius 2 is 2.22 bits per heavy atom. The molecule has 1 aromatic heterocycles. The monoisotopic (exact) mass is 377 g/mol. The van der Waals surface area contributed by atoms with E-state index in [0.29, 0.717) is 11.8 Å². The molecule has 3 heterocycles. The molecule has 2 fully saturated rings. The van der Waals surface area contributed by atoms with Gasteiger partial charge in [0, 0.05) is 71.8 Å². The molecular formula is C20H35N5O2. The van der Waals surface area contributed by atoms with Gasteiger partial charge in [0.1, 0.15) is 0 Å². The molecule has 7 nitrogen and oxygen atoms in total. The molecule has 0 spiro atoms. The quantitative estimate of drug-likeness (QED) is 0.427. The second-order valence-electron chi connectivity index (χ2n) is 7.60. The van der Waals surface area contributed by atoms with E-state index in [2.05, 4.69) is 28.4 Å². The van der Waals surface area contributed by atoms with E-state index < -0.39 is 0 Å². The van der Waals surface area contributed by atoms with Crippen LogP contribution in [0.4, 0.5) is 0 Å². The molecule has 1 aromatic rings. The van der Waals surface area contributed by atoms with E-state index in [4.69, 9.17) is 14.5 Å². The molecule has 2 saturated heterocycles. The van der Waals surface area contributed by atoms with Gasteiger partial charge in [0.2, 0.25) is 0 Å². The lowest BCUT2D eigenvalue weighted by atomic mass is 10.0. The molecule has 1 N–H and O–H groups in total. The Morgan fingerprint density at radius 3 is 2.96 bits per heavy atom. The summed E-state index contributed by atoms with van der Waals surface area (Å²) in [6, 6.07) is 0. The first kappa shape index (κ1) is 20.1. The number of nitrogens with zero attached hydrogens (tertiary/aromatic N) is 4. The molecule has 27 heavy (non-hydrogen) atoms. The van der Waals surface area contributed by atoms with Crippen molar-refractivity contribution in [3.63, 3.8) is 0 Å². The lowest BCUT2D eigenvalue weighted by molar-refractivity contribution is 0.0205. The zero-order valence-corrected chi connectivity index (χ0v) is 16.9. The first-order valence-electron chi connectivity index (χ1n) is 10.4. The van der Waals surface area contributed by atoms with Gasteiger partial charge in [-0.05, 0) is 44.1 Å². The number of aliphatic imine (C=N–C) groups is 1. The van der Waals surface area contributed by atoms with Gasteiger partial charge in [-0.1, -0.05) is 0 Å². The molecule has 0 aliphatic carbocycles. The third kappa shape index (κ3) is 6.21. The fraction of sp³-hybridized carbons (Fsp3) is 0.800. The van der Waals surface area contributed by atoms with Crippen LogP contribution < -0.4 is 5.32 Å². The zero-order chi connectivity index (χ0) is 18.9. The predicted octanol–water partition coefficient (Wildman–Crippen LogP) is 2.01. The number of hydrogen-bond acceptors (Lipinski definition) is 4. The average Bonchev–Trinajstić information content (AvgIpc) is 3.33. The highest BCUT2D eigenvalue weighted by Gasteiger charge is 2.26. The van der Waals surface area contributed by atoms with Crippen molar-refractivity contribution in [2.75, 3.05) is 52.6 Å². The van der Waals surface area contributed by atoms with Crippen LogP contribution in [0, 0.1) is 5.92 Å². The minimum absolute atomic E-state index is 0.547. The summed E-state index contributed by atoms with van der Waals surface area (Å²) in [4.78, 5) is 7.20. The summed E-state index contributed by atoms with van der Waals surface area (Å²) in [6.07, 6.45) is 8.52. The molecule has 1 atom stereocenters. The number of nitrogens with one attached hydrogen (secondary N) is 1. The first-order chi connectivity index (χ1) is 13.3. The van der Waals surface area contributed by atoms with Crippen LogP contribution in [0.5, 0.6) is 0 Å². The van der Waals surface area contributed by atoms with Crippen LogP contribution in [0.15, 0.2) is 17.4 Å². The summed E-state index contributed by atoms with van der Waals surface area (Å²) in [6.45, 7) is 9.33. The van der Waals surface area contributed by atoms with Gasteiger partial charge in [-0.3, -0.25) is 9.67 Å². The normalized spacial score (nSPS) is 21.8. The minimum atomic E-state index is 0.547. The van der Waals surface area contributed by atoms with Gasteiger partial charge in [0.25, 0.3) is 0 Å². The molecule has 0 amide bonds. The Hall–Kier alpha value is -1.60. The van der Waals surface area contributed by atoms with E-state index >= 15 is 0 Å². The summed E-state index contributed by atoms with van der Waals surface area (Å²) in [5.74, 6) is 2.26. The molecule has 7 heteroatoms. The summed E-state index contributed by atoms with van der Waals surface area (Å²) in [5.41, 5.74) is 1.33. The van der Waals surface area contributed by atoms with Crippen LogP contribution >= 0.6 is 0 Å². The maximum absolute atomic E-state index is 5.85. The van der Waals surface area contributed by atoms with Gasteiger partial charge in [-0.2, -0.15) is 5.10 Å². The van der Waals surface area contributed by atoms with Crippen molar-refractivity contribution in [3.05, 3.63) is 18.0 Å². The van der Waals surface area contributed by atoms with Crippen molar-refractivity contribution in [1.82, 2.24) is 20.0 Å². The number of likely N-dealkylation sites (tertiary alicyclic amines) is 1. The highest BCUT2D eigenvalue weighted by atomic mass is 16.5. The summed E-state index contributed by atoms with van der Waals surface area (Å²) < 4.78 is 13.1. The molecule has 0 radical (unpaired) electrons. The van der Waals surface area contributed by atoms with Crippen LogP contribution in [0.1, 0.15) is 44.1 Å². The topological polar surface area (TPSA) is 63.9 Å². The van der Waals surface area contributed by atoms with Crippen molar-refractivity contribution in [2.45, 2.75) is 38.5 Å². The van der Waals surface area contributed by atoms with Crippen LogP contribution in [0.3, 0.4) is 0 Å². The zero-order valence-electron chi connectivity index (χ0n) is 16.9. The van der Waals surface area contributed by atoms with Gasteiger partial charge >= 0.3 is 0 Å². The van der Waals surface area contributed by atoms with Crippen LogP contribution in [0.25, 0.3) is 0 Å². The van der Waals surface area contributed by atoms with Crippen molar-refractivity contribution in [2.24, 2.45) is 18.0 Å². The van der Waals surface area contributed by atoms with Crippen LogP contribution in [0.2, 0.25) is 0 Å². The van der Waals surface area contributed by atoms with E-state index in [9.17, 15) is 0 Å². The van der Waals surface area contributed by atoms with Crippen LogP contribution in [-0.4, -0.2) is 73.2 Å². The van der Waals surface area contributed by atoms with Crippen molar-refractivity contribution in [1.29, 1.82) is 0 Å². The fourth-order valence-corrected chi connectivity index (χ4v) is 3.82. The van der Waals surface area contributed by atoms with E-state index in [1.807, 2.05) is 17.9 Å². The Morgan fingerprint density at radius 1 is 1.37 bits per heavy atom. The standard InChI is InChI=1S/C20H35N5O2/c1-3-21-20(22-8-4-10-27-16-17-6-11-26-12-7-17)25-9-5-18(15-25)19-13-23-24(2)14-19/h13-14,17-18H,3-12,15-16H2,1-2H3,(H,21,22). The molecule has 2 aliphatic rings. The molecule has 0 bridgehead atoms. The van der Waals surface area contributed by atoms with E-state index in [1.165, 1.54) is 5.56 Å². The van der Waals surface area contributed by atoms with Gasteiger partial charge in [-0.15, -0.1) is 0 Å². The highest BCUT2D eigenvalue weighted by molar-refractivity contribution is 5.80. The Labute approximate surface area is 163 Å². The number of rotatable bonds is 8. The Kier molecular flexibility index (Phi) is 7.95. The first-order valence-corrected chi connectivity index (χ1v) is 10.4. The minimum Gasteiger partial charge on any atom is -0.381 e. The molecule has 0 aromatic carbocycles. The molecular weight excluding hydrogens is 342 g/mol. The number of aryl methyl sites for hydroxylation is 1. The number of guanidine groups is 1. The van der Waals surface area contributed by atoms with E-state index in [1.54, 1.807) is 0 Å². The maximum atomic E-state index is 5.85. The highest BCUT2D eigenvalue weighted by Crippen LogP contribution is 2.26. The molecule has 0 saturated carbocycles. The predicted molar refractivity (Wildman–Crippen MR) is 107 cm³/mol. The second-order valence-corrected chi connectivity index (χ2v) is 7.60. The Balaban J connectivity index is 1.38. The fourth-order valence-electron chi connectivity index (χ4n) is 3.82. The van der Waals surface area contributed by atoms with Gasteiger partial charge in [-0.25, -0.2) is 0 Å². The lowest BCUT2D eigenvalue weighted by Crippen LogP contribution is -2.40. The van der Waals surface area contributed by atoms with Crippen LogP contribution in [-0.2, 0) is 16.5 Å². The summed E-state index contributed by atoms with van der Waals surface area (Å²) in [5, 5.41) is 7.76. The van der Waals surface area contributed by atoms with Crippen molar-refractivity contribution >= 4 is 5.96 Å². The number of aromatic nitrogens is 2. The molecule has 1 unspecified atom stereocenters. The number of ether oxygens (including phenoxy) is 2. The van der Waals surface area contributed by atoms with E-state index in [-0.39, 0.29) is 0 Å². The Bertz CT molecular complexity index is 583. The molecule has 3 rings (SSSR count).